The number of quaternary nitrogens is 1. The van der Waals surface area contributed by atoms with Crippen LogP contribution in [-0.2, 0) is 9.63 Å². The monoisotopic (exact) mass is 340 g/mol. The number of carbonyl (C=O) groups excluding carboxylic acids is 1. The van der Waals surface area contributed by atoms with Gasteiger partial charge in [-0.25, -0.2) is 4.79 Å². The van der Waals surface area contributed by atoms with Crippen molar-refractivity contribution >= 4 is 5.97 Å². The van der Waals surface area contributed by atoms with Crippen LogP contribution >= 0.6 is 0 Å². The lowest BCUT2D eigenvalue weighted by Crippen LogP contribution is -2.36. The Morgan fingerprint density at radius 3 is 1.71 bits per heavy atom. The predicted molar refractivity (Wildman–Crippen MR) is 104 cm³/mol. The molecule has 0 fully saturated rings. The quantitative estimate of drug-likeness (QED) is 0.145. The van der Waals surface area contributed by atoms with Crippen molar-refractivity contribution in [3.8, 4) is 0 Å². The lowest BCUT2D eigenvalue weighted by Gasteiger charge is -2.20. The average molecular weight is 341 g/mol. The van der Waals surface area contributed by atoms with E-state index in [-0.39, 0.29) is 10.6 Å². The number of carbonyl (C=O) groups is 1. The summed E-state index contributed by atoms with van der Waals surface area (Å²) in [7, 11) is 5.58. The summed E-state index contributed by atoms with van der Waals surface area (Å²) in [5.41, 5.74) is 0. The minimum absolute atomic E-state index is 0.0832. The van der Waals surface area contributed by atoms with Crippen molar-refractivity contribution in [3.63, 3.8) is 0 Å². The maximum absolute atomic E-state index is 11.5. The molecule has 3 heteroatoms. The van der Waals surface area contributed by atoms with Gasteiger partial charge in [-0.1, -0.05) is 70.4 Å². The first kappa shape index (κ1) is 23.2. The highest BCUT2D eigenvalue weighted by atomic mass is 16.7. The van der Waals surface area contributed by atoms with Crippen LogP contribution in [0.3, 0.4) is 0 Å². The zero-order valence-electron chi connectivity index (χ0n) is 16.8. The van der Waals surface area contributed by atoms with Crippen molar-refractivity contribution in [2.45, 2.75) is 96.8 Å². The van der Waals surface area contributed by atoms with Gasteiger partial charge in [0, 0.05) is 0 Å². The zero-order valence-corrected chi connectivity index (χ0v) is 16.8. The van der Waals surface area contributed by atoms with Gasteiger partial charge in [0.25, 0.3) is 0 Å². The van der Waals surface area contributed by atoms with E-state index in [1.807, 2.05) is 21.1 Å². The molecule has 3 nitrogen and oxygen atoms in total. The second kappa shape index (κ2) is 15.7. The standard InChI is InChI=1S/C21H42NO2/c1-5-6-7-8-9-10-11-12-13-14-15-16-17-18-19-20-21(23)24-22(2,3)4/h12-13H,5-11,14-20H2,1-4H3/q+1. The second-order valence-electron chi connectivity index (χ2n) is 7.69. The SMILES string of the molecule is CCCCCCCCC=CCCCCCCCC(=O)O[N+](C)(C)C. The third-order valence-electron chi connectivity index (χ3n) is 4.02. The topological polar surface area (TPSA) is 26.3 Å². The molecule has 0 aliphatic carbocycles. The fraction of sp³-hybridized carbons (Fsp3) is 0.857. The van der Waals surface area contributed by atoms with Crippen molar-refractivity contribution in [1.29, 1.82) is 0 Å². The van der Waals surface area contributed by atoms with E-state index in [0.29, 0.717) is 6.42 Å². The molecule has 0 saturated carbocycles. The number of hydroxylamine groups is 3. The van der Waals surface area contributed by atoms with Crippen LogP contribution in [-0.4, -0.2) is 31.8 Å². The molecule has 0 aromatic rings. The van der Waals surface area contributed by atoms with Gasteiger partial charge in [-0.15, -0.1) is 4.65 Å². The van der Waals surface area contributed by atoms with Crippen molar-refractivity contribution < 1.29 is 14.3 Å². The summed E-state index contributed by atoms with van der Waals surface area (Å²) in [4.78, 5) is 16.8. The highest BCUT2D eigenvalue weighted by Crippen LogP contribution is 2.10. The Labute approximate surface area is 151 Å². The van der Waals surface area contributed by atoms with E-state index in [4.69, 9.17) is 4.84 Å². The van der Waals surface area contributed by atoms with Crippen LogP contribution in [0, 0.1) is 0 Å². The highest BCUT2D eigenvalue weighted by Gasteiger charge is 2.14. The Morgan fingerprint density at radius 2 is 1.21 bits per heavy atom. The predicted octanol–water partition coefficient (Wildman–Crippen LogP) is 6.19. The summed E-state index contributed by atoms with van der Waals surface area (Å²) in [6, 6.07) is 0. The van der Waals surface area contributed by atoms with Gasteiger partial charge in [0.05, 0.1) is 6.42 Å². The molecule has 0 radical (unpaired) electrons. The molecule has 0 bridgehead atoms. The minimum atomic E-state index is -0.0832. The summed E-state index contributed by atoms with van der Waals surface area (Å²) in [5, 5.41) is 0. The molecule has 24 heavy (non-hydrogen) atoms. The fourth-order valence-corrected chi connectivity index (χ4v) is 2.69. The zero-order chi connectivity index (χ0) is 18.1. The smallest absolute Gasteiger partial charge is 0.277 e. The summed E-state index contributed by atoms with van der Waals surface area (Å²) in [6.45, 7) is 2.27. The van der Waals surface area contributed by atoms with Gasteiger partial charge in [-0.2, -0.15) is 0 Å². The minimum Gasteiger partial charge on any atom is -0.277 e. The van der Waals surface area contributed by atoms with Crippen LogP contribution in [0.15, 0.2) is 12.2 Å². The molecule has 0 unspecified atom stereocenters. The number of hydrogen-bond acceptors (Lipinski definition) is 2. The molecular formula is C21H42NO2+. The van der Waals surface area contributed by atoms with E-state index in [0.717, 1.165) is 12.8 Å². The molecule has 0 amide bonds. The largest absolute Gasteiger partial charge is 0.366 e. The molecule has 0 aromatic carbocycles. The van der Waals surface area contributed by atoms with E-state index in [9.17, 15) is 4.79 Å². The van der Waals surface area contributed by atoms with Crippen LogP contribution < -0.4 is 0 Å². The summed E-state index contributed by atoms with van der Waals surface area (Å²) < 4.78 is 0.254. The van der Waals surface area contributed by atoms with E-state index < -0.39 is 0 Å². The Balaban J connectivity index is 3.25. The highest BCUT2D eigenvalue weighted by molar-refractivity contribution is 5.68. The third-order valence-corrected chi connectivity index (χ3v) is 4.02. The number of nitrogens with zero attached hydrogens (tertiary/aromatic N) is 1. The van der Waals surface area contributed by atoms with Gasteiger partial charge >= 0.3 is 5.97 Å². The van der Waals surface area contributed by atoms with Gasteiger partial charge in [-0.05, 0) is 32.1 Å². The molecular weight excluding hydrogens is 298 g/mol. The average Bonchev–Trinajstić information content (AvgIpc) is 2.49. The maximum Gasteiger partial charge on any atom is 0.366 e. The van der Waals surface area contributed by atoms with Gasteiger partial charge < -0.3 is 0 Å². The lowest BCUT2D eigenvalue weighted by atomic mass is 10.1. The first-order chi connectivity index (χ1) is 11.5. The third kappa shape index (κ3) is 19.2. The Bertz CT molecular complexity index is 318. The van der Waals surface area contributed by atoms with Crippen molar-refractivity contribution in [1.82, 2.24) is 0 Å². The summed E-state index contributed by atoms with van der Waals surface area (Å²) in [5.74, 6) is -0.0832. The van der Waals surface area contributed by atoms with E-state index >= 15 is 0 Å². The molecule has 0 aliphatic rings. The molecule has 0 N–H and O–H groups in total. The van der Waals surface area contributed by atoms with E-state index in [1.165, 1.54) is 70.6 Å². The number of rotatable bonds is 16. The number of allylic oxidation sites excluding steroid dienone is 2. The summed E-state index contributed by atoms with van der Waals surface area (Å²) >= 11 is 0. The molecule has 0 atom stereocenters. The van der Waals surface area contributed by atoms with E-state index in [2.05, 4.69) is 19.1 Å². The Hall–Kier alpha value is -0.830. The van der Waals surface area contributed by atoms with Gasteiger partial charge in [0.1, 0.15) is 21.1 Å². The van der Waals surface area contributed by atoms with Crippen molar-refractivity contribution in [2.24, 2.45) is 0 Å². The van der Waals surface area contributed by atoms with Crippen LogP contribution in [0.2, 0.25) is 0 Å². The van der Waals surface area contributed by atoms with Crippen LogP contribution in [0.25, 0.3) is 0 Å². The first-order valence-corrected chi connectivity index (χ1v) is 10.1. The molecule has 142 valence electrons. The van der Waals surface area contributed by atoms with Crippen LogP contribution in [0.1, 0.15) is 96.8 Å². The molecule has 0 heterocycles. The van der Waals surface area contributed by atoms with Crippen LogP contribution in [0.5, 0.6) is 0 Å². The lowest BCUT2D eigenvalue weighted by molar-refractivity contribution is -1.04. The number of unbranched alkanes of at least 4 members (excludes halogenated alkanes) is 11. The molecule has 0 rings (SSSR count). The van der Waals surface area contributed by atoms with E-state index in [1.54, 1.807) is 0 Å². The van der Waals surface area contributed by atoms with Crippen molar-refractivity contribution in [2.75, 3.05) is 21.1 Å². The Morgan fingerprint density at radius 1 is 0.750 bits per heavy atom. The van der Waals surface area contributed by atoms with Crippen LogP contribution in [0.4, 0.5) is 0 Å². The fourth-order valence-electron chi connectivity index (χ4n) is 2.69. The molecule has 0 aromatic heterocycles. The van der Waals surface area contributed by atoms with Gasteiger partial charge in [-0.3, -0.25) is 4.84 Å². The molecule has 0 spiro atoms. The summed E-state index contributed by atoms with van der Waals surface area (Å²) in [6.07, 6.45) is 21.9. The van der Waals surface area contributed by atoms with Crippen molar-refractivity contribution in [3.05, 3.63) is 12.2 Å². The first-order valence-electron chi connectivity index (χ1n) is 10.1. The normalized spacial score (nSPS) is 12.0. The van der Waals surface area contributed by atoms with Gasteiger partial charge in [0.2, 0.25) is 0 Å². The number of hydrogen-bond donors (Lipinski definition) is 0. The molecule has 0 saturated heterocycles. The van der Waals surface area contributed by atoms with Gasteiger partial charge in [0.15, 0.2) is 0 Å². The molecule has 0 aliphatic heterocycles. The maximum atomic E-state index is 11.5. The Kier molecular flexibility index (Phi) is 15.1. The second-order valence-corrected chi connectivity index (χ2v) is 7.69.